The average Bonchev–Trinajstić information content (AvgIpc) is 2.51. The van der Waals surface area contributed by atoms with Crippen LogP contribution in [0.1, 0.15) is 25.3 Å². The Bertz CT molecular complexity index is 477. The maximum absolute atomic E-state index is 12.9. The van der Waals surface area contributed by atoms with E-state index >= 15 is 0 Å². The molecule has 0 spiro atoms. The lowest BCUT2D eigenvalue weighted by Crippen LogP contribution is -2.27. The Labute approximate surface area is 130 Å². The topological polar surface area (TPSA) is 38.3 Å². The van der Waals surface area contributed by atoms with Crippen molar-refractivity contribution in [2.45, 2.75) is 31.1 Å². The maximum atomic E-state index is 12.9. The van der Waals surface area contributed by atoms with Crippen molar-refractivity contribution < 1.29 is 13.9 Å². The highest BCUT2D eigenvalue weighted by molar-refractivity contribution is 7.98. The number of alkyl carbamates (subject to hydrolysis) is 1. The number of ether oxygens (including phenoxy) is 1. The number of carbonyl (C=O) groups is 1. The van der Waals surface area contributed by atoms with Gasteiger partial charge in [0.25, 0.3) is 0 Å². The van der Waals surface area contributed by atoms with E-state index in [0.29, 0.717) is 24.9 Å². The van der Waals surface area contributed by atoms with Gasteiger partial charge < -0.3 is 10.1 Å². The molecular formula is C16H22FNO2S. The lowest BCUT2D eigenvalue weighted by atomic mass is 10.1. The van der Waals surface area contributed by atoms with Gasteiger partial charge in [-0.05, 0) is 42.4 Å². The molecule has 0 aliphatic rings. The standard InChI is InChI=1S/C16H22FNO2S/c1-3-4-8-20-16(19)18-12-14(11-17)9-13-6-5-7-15(10-13)21-2/h5-7,10-11H,3-4,8-9,12H2,1-2H3,(H,18,19). The Morgan fingerprint density at radius 3 is 2.95 bits per heavy atom. The molecule has 1 N–H and O–H groups in total. The summed E-state index contributed by atoms with van der Waals surface area (Å²) in [5.74, 6) is 0. The zero-order chi connectivity index (χ0) is 15.5. The van der Waals surface area contributed by atoms with Gasteiger partial charge in [-0.1, -0.05) is 25.5 Å². The van der Waals surface area contributed by atoms with E-state index in [-0.39, 0.29) is 6.54 Å². The third-order valence-corrected chi connectivity index (χ3v) is 3.64. The van der Waals surface area contributed by atoms with E-state index in [1.165, 1.54) is 0 Å². The van der Waals surface area contributed by atoms with Gasteiger partial charge in [-0.15, -0.1) is 11.8 Å². The van der Waals surface area contributed by atoms with Crippen LogP contribution in [0.4, 0.5) is 9.18 Å². The molecule has 0 radical (unpaired) electrons. The molecule has 1 aromatic carbocycles. The van der Waals surface area contributed by atoms with Gasteiger partial charge >= 0.3 is 6.09 Å². The summed E-state index contributed by atoms with van der Waals surface area (Å²) in [6.45, 7) is 2.58. The van der Waals surface area contributed by atoms with Gasteiger partial charge in [-0.2, -0.15) is 0 Å². The van der Waals surface area contributed by atoms with Gasteiger partial charge in [0.1, 0.15) is 0 Å². The summed E-state index contributed by atoms with van der Waals surface area (Å²) in [4.78, 5) is 12.5. The van der Waals surface area contributed by atoms with E-state index in [1.807, 2.05) is 37.4 Å². The van der Waals surface area contributed by atoms with Crippen molar-refractivity contribution in [1.82, 2.24) is 5.32 Å². The minimum absolute atomic E-state index is 0.158. The maximum Gasteiger partial charge on any atom is 0.407 e. The monoisotopic (exact) mass is 311 g/mol. The van der Waals surface area contributed by atoms with Crippen molar-refractivity contribution >= 4 is 17.9 Å². The second-order valence-electron chi connectivity index (χ2n) is 4.64. The van der Waals surface area contributed by atoms with Crippen molar-refractivity contribution in [3.05, 3.63) is 41.7 Å². The van der Waals surface area contributed by atoms with Crippen LogP contribution in [0.3, 0.4) is 0 Å². The molecule has 0 atom stereocenters. The predicted octanol–water partition coefficient (Wildman–Crippen LogP) is 4.33. The largest absolute Gasteiger partial charge is 0.450 e. The van der Waals surface area contributed by atoms with E-state index in [1.54, 1.807) is 11.8 Å². The van der Waals surface area contributed by atoms with Crippen LogP contribution in [-0.2, 0) is 11.2 Å². The molecule has 0 saturated carbocycles. The molecule has 0 unspecified atom stereocenters. The highest BCUT2D eigenvalue weighted by Crippen LogP contribution is 2.17. The Balaban J connectivity index is 2.43. The van der Waals surface area contributed by atoms with Gasteiger partial charge in [0.2, 0.25) is 0 Å². The van der Waals surface area contributed by atoms with Crippen LogP contribution >= 0.6 is 11.8 Å². The van der Waals surface area contributed by atoms with Gasteiger partial charge in [-0.25, -0.2) is 9.18 Å². The molecule has 1 amide bonds. The number of hydrogen-bond acceptors (Lipinski definition) is 3. The van der Waals surface area contributed by atoms with Gasteiger partial charge in [0, 0.05) is 11.4 Å². The SMILES string of the molecule is CCCCOC(=O)NCC(=CF)Cc1cccc(SC)c1. The summed E-state index contributed by atoms with van der Waals surface area (Å²) in [5, 5.41) is 2.57. The normalized spacial score (nSPS) is 11.3. The molecule has 0 fully saturated rings. The van der Waals surface area contributed by atoms with Crippen LogP contribution in [0.25, 0.3) is 0 Å². The second-order valence-corrected chi connectivity index (χ2v) is 5.52. The Kier molecular flexibility index (Phi) is 8.59. The molecule has 21 heavy (non-hydrogen) atoms. The molecule has 0 aromatic heterocycles. The van der Waals surface area contributed by atoms with Crippen LogP contribution in [0.5, 0.6) is 0 Å². The Morgan fingerprint density at radius 2 is 2.29 bits per heavy atom. The van der Waals surface area contributed by atoms with Gasteiger partial charge in [0.05, 0.1) is 12.9 Å². The molecule has 116 valence electrons. The molecule has 0 aliphatic carbocycles. The number of carbonyl (C=O) groups excluding carboxylic acids is 1. The van der Waals surface area contributed by atoms with E-state index in [9.17, 15) is 9.18 Å². The van der Waals surface area contributed by atoms with Crippen LogP contribution in [-0.4, -0.2) is 25.5 Å². The number of hydrogen-bond donors (Lipinski definition) is 1. The third-order valence-electron chi connectivity index (χ3n) is 2.91. The van der Waals surface area contributed by atoms with E-state index in [4.69, 9.17) is 4.74 Å². The lowest BCUT2D eigenvalue weighted by molar-refractivity contribution is 0.145. The first-order valence-corrected chi connectivity index (χ1v) is 8.23. The Hall–Kier alpha value is -1.49. The fourth-order valence-electron chi connectivity index (χ4n) is 1.73. The molecule has 0 aliphatic heterocycles. The number of amides is 1. The average molecular weight is 311 g/mol. The van der Waals surface area contributed by atoms with Crippen LogP contribution in [0, 0.1) is 0 Å². The zero-order valence-electron chi connectivity index (χ0n) is 12.5. The lowest BCUT2D eigenvalue weighted by Gasteiger charge is -2.09. The summed E-state index contributed by atoms with van der Waals surface area (Å²) in [5.41, 5.74) is 1.53. The number of benzene rings is 1. The number of halogens is 1. The first kappa shape index (κ1) is 17.6. The van der Waals surface area contributed by atoms with E-state index in [0.717, 1.165) is 23.3 Å². The quantitative estimate of drug-likeness (QED) is 0.573. The molecule has 5 heteroatoms. The summed E-state index contributed by atoms with van der Waals surface area (Å²) in [7, 11) is 0. The van der Waals surface area contributed by atoms with E-state index in [2.05, 4.69) is 5.32 Å². The number of nitrogens with one attached hydrogen (secondary N) is 1. The van der Waals surface area contributed by atoms with Crippen LogP contribution in [0.2, 0.25) is 0 Å². The molecule has 0 saturated heterocycles. The van der Waals surface area contributed by atoms with Crippen molar-refractivity contribution in [2.24, 2.45) is 0 Å². The first-order chi connectivity index (χ1) is 10.2. The van der Waals surface area contributed by atoms with Gasteiger partial charge in [-0.3, -0.25) is 0 Å². The highest BCUT2D eigenvalue weighted by atomic mass is 32.2. The molecule has 1 rings (SSSR count). The number of unbranched alkanes of at least 4 members (excludes halogenated alkanes) is 1. The fraction of sp³-hybridized carbons (Fsp3) is 0.438. The molecule has 0 bridgehead atoms. The molecule has 1 aromatic rings. The fourth-order valence-corrected chi connectivity index (χ4v) is 2.21. The number of thioether (sulfide) groups is 1. The zero-order valence-corrected chi connectivity index (χ0v) is 13.3. The second kappa shape index (κ2) is 10.3. The van der Waals surface area contributed by atoms with Crippen LogP contribution in [0.15, 0.2) is 41.1 Å². The van der Waals surface area contributed by atoms with Gasteiger partial charge in [0.15, 0.2) is 0 Å². The Morgan fingerprint density at radius 1 is 1.48 bits per heavy atom. The predicted molar refractivity (Wildman–Crippen MR) is 85.4 cm³/mol. The first-order valence-electron chi connectivity index (χ1n) is 7.01. The molecule has 3 nitrogen and oxygen atoms in total. The van der Waals surface area contributed by atoms with Crippen molar-refractivity contribution in [2.75, 3.05) is 19.4 Å². The molecular weight excluding hydrogens is 289 g/mol. The van der Waals surface area contributed by atoms with Crippen LogP contribution < -0.4 is 5.32 Å². The van der Waals surface area contributed by atoms with E-state index < -0.39 is 6.09 Å². The summed E-state index contributed by atoms with van der Waals surface area (Å²) < 4.78 is 17.9. The summed E-state index contributed by atoms with van der Waals surface area (Å²) in [6, 6.07) is 7.93. The van der Waals surface area contributed by atoms with Crippen molar-refractivity contribution in [1.29, 1.82) is 0 Å². The summed E-state index contributed by atoms with van der Waals surface area (Å²) >= 11 is 1.64. The smallest absolute Gasteiger partial charge is 0.407 e. The van der Waals surface area contributed by atoms with Crippen molar-refractivity contribution in [3.8, 4) is 0 Å². The minimum Gasteiger partial charge on any atom is -0.450 e. The van der Waals surface area contributed by atoms with Crippen molar-refractivity contribution in [3.63, 3.8) is 0 Å². The third kappa shape index (κ3) is 7.18. The number of rotatable bonds is 8. The molecule has 0 heterocycles. The summed E-state index contributed by atoms with van der Waals surface area (Å²) in [6.07, 6.45) is 4.33. The highest BCUT2D eigenvalue weighted by Gasteiger charge is 2.05. The minimum atomic E-state index is -0.499.